The number of rotatable bonds is 4. The Morgan fingerprint density at radius 2 is 1.85 bits per heavy atom. The number of hydrogen-bond acceptors (Lipinski definition) is 3. The van der Waals surface area contributed by atoms with Crippen LogP contribution in [0, 0.1) is 5.82 Å². The minimum atomic E-state index is -0.515. The second-order valence-electron chi connectivity index (χ2n) is 4.43. The molecule has 1 unspecified atom stereocenters. The van der Waals surface area contributed by atoms with Crippen LogP contribution in [-0.2, 0) is 0 Å². The highest BCUT2D eigenvalue weighted by Gasteiger charge is 2.14. The molecule has 2 aromatic carbocycles. The summed E-state index contributed by atoms with van der Waals surface area (Å²) < 4.78 is 19.4. The zero-order valence-corrected chi connectivity index (χ0v) is 11.0. The van der Waals surface area contributed by atoms with E-state index in [-0.39, 0.29) is 0 Å². The predicted octanol–water partition coefficient (Wildman–Crippen LogP) is 2.74. The molecule has 0 radical (unpaired) electrons. The summed E-state index contributed by atoms with van der Waals surface area (Å²) in [6.45, 7) is 1.68. The Hall–Kier alpha value is -2.40. The van der Waals surface area contributed by atoms with Crippen LogP contribution in [0.3, 0.4) is 0 Å². The average molecular weight is 274 g/mol. The van der Waals surface area contributed by atoms with Gasteiger partial charge in [-0.3, -0.25) is 4.79 Å². The predicted molar refractivity (Wildman–Crippen MR) is 74.0 cm³/mol. The topological polar surface area (TPSA) is 78.3 Å². The molecule has 0 fully saturated rings. The molecule has 0 aliphatic carbocycles. The molecule has 2 aromatic rings. The number of benzene rings is 2. The van der Waals surface area contributed by atoms with Crippen LogP contribution in [0.4, 0.5) is 4.39 Å². The summed E-state index contributed by atoms with van der Waals surface area (Å²) in [5.41, 5.74) is 11.6. The molecule has 0 bridgehead atoms. The molecular weight excluding hydrogens is 259 g/mol. The van der Waals surface area contributed by atoms with Crippen molar-refractivity contribution < 1.29 is 13.9 Å². The lowest BCUT2D eigenvalue weighted by Crippen LogP contribution is -2.10. The average Bonchev–Trinajstić information content (AvgIpc) is 2.39. The van der Waals surface area contributed by atoms with Gasteiger partial charge in [0.05, 0.1) is 0 Å². The van der Waals surface area contributed by atoms with Gasteiger partial charge in [-0.2, -0.15) is 0 Å². The van der Waals surface area contributed by atoms with Crippen molar-refractivity contribution in [3.8, 4) is 11.5 Å². The van der Waals surface area contributed by atoms with Gasteiger partial charge in [0.1, 0.15) is 17.3 Å². The molecule has 1 amide bonds. The number of carbonyl (C=O) groups is 1. The molecule has 0 aliphatic heterocycles. The van der Waals surface area contributed by atoms with Crippen molar-refractivity contribution in [2.24, 2.45) is 11.5 Å². The Labute approximate surface area is 116 Å². The molecular formula is C15H15FN2O2. The minimum absolute atomic E-state index is 0.312. The van der Waals surface area contributed by atoms with Gasteiger partial charge in [0.15, 0.2) is 0 Å². The van der Waals surface area contributed by atoms with Crippen LogP contribution in [0.5, 0.6) is 11.5 Å². The third-order valence-corrected chi connectivity index (χ3v) is 2.83. The van der Waals surface area contributed by atoms with Gasteiger partial charge in [0.25, 0.3) is 0 Å². The lowest BCUT2D eigenvalue weighted by molar-refractivity contribution is 0.100. The molecule has 0 aliphatic rings. The summed E-state index contributed by atoms with van der Waals surface area (Å²) in [7, 11) is 0. The Balaban J connectivity index is 2.30. The van der Waals surface area contributed by atoms with E-state index in [1.807, 2.05) is 0 Å². The molecule has 0 aromatic heterocycles. The van der Waals surface area contributed by atoms with E-state index in [9.17, 15) is 9.18 Å². The second kappa shape index (κ2) is 5.71. The maximum absolute atomic E-state index is 13.8. The fraction of sp³-hybridized carbons (Fsp3) is 0.133. The third kappa shape index (κ3) is 2.95. The normalized spacial score (nSPS) is 11.9. The Kier molecular flexibility index (Phi) is 4.00. The molecule has 0 heterocycles. The third-order valence-electron chi connectivity index (χ3n) is 2.83. The summed E-state index contributed by atoms with van der Waals surface area (Å²) in [4.78, 5) is 11.0. The zero-order valence-electron chi connectivity index (χ0n) is 11.0. The first-order chi connectivity index (χ1) is 9.49. The second-order valence-corrected chi connectivity index (χ2v) is 4.43. The van der Waals surface area contributed by atoms with E-state index in [1.54, 1.807) is 43.3 Å². The van der Waals surface area contributed by atoms with Crippen LogP contribution in [0.1, 0.15) is 28.9 Å². The van der Waals surface area contributed by atoms with E-state index in [1.165, 1.54) is 6.07 Å². The van der Waals surface area contributed by atoms with E-state index < -0.39 is 17.8 Å². The Bertz CT molecular complexity index is 624. The number of halogens is 1. The molecule has 2 rings (SSSR count). The number of carbonyl (C=O) groups excluding carboxylic acids is 1. The molecule has 20 heavy (non-hydrogen) atoms. The standard InChI is InChI=1S/C15H15FN2O2/c1-9(17)14-12(16)3-2-4-13(14)20-11-7-5-10(6-8-11)15(18)19/h2-9H,17H2,1H3,(H2,18,19). The monoisotopic (exact) mass is 274 g/mol. The maximum Gasteiger partial charge on any atom is 0.248 e. The van der Waals surface area contributed by atoms with Crippen LogP contribution in [-0.4, -0.2) is 5.91 Å². The van der Waals surface area contributed by atoms with Gasteiger partial charge < -0.3 is 16.2 Å². The molecule has 5 heteroatoms. The van der Waals surface area contributed by atoms with Crippen molar-refractivity contribution >= 4 is 5.91 Å². The van der Waals surface area contributed by atoms with E-state index in [0.717, 1.165) is 0 Å². The first kappa shape index (κ1) is 14.0. The van der Waals surface area contributed by atoms with E-state index in [4.69, 9.17) is 16.2 Å². The van der Waals surface area contributed by atoms with E-state index in [2.05, 4.69) is 0 Å². The van der Waals surface area contributed by atoms with Crippen LogP contribution in [0.15, 0.2) is 42.5 Å². The first-order valence-electron chi connectivity index (χ1n) is 6.10. The fourth-order valence-corrected chi connectivity index (χ4v) is 1.86. The summed E-state index contributed by atoms with van der Waals surface area (Å²) in [6.07, 6.45) is 0. The van der Waals surface area contributed by atoms with Crippen LogP contribution in [0.25, 0.3) is 0 Å². The highest BCUT2D eigenvalue weighted by atomic mass is 19.1. The molecule has 0 saturated carbocycles. The SMILES string of the molecule is CC(N)c1c(F)cccc1Oc1ccc(C(N)=O)cc1. The van der Waals surface area contributed by atoms with Gasteiger partial charge in [0, 0.05) is 17.2 Å². The van der Waals surface area contributed by atoms with Gasteiger partial charge in [0.2, 0.25) is 5.91 Å². The maximum atomic E-state index is 13.8. The van der Waals surface area contributed by atoms with Crippen molar-refractivity contribution in [2.75, 3.05) is 0 Å². The molecule has 0 saturated heterocycles. The minimum Gasteiger partial charge on any atom is -0.457 e. The number of ether oxygens (including phenoxy) is 1. The van der Waals surface area contributed by atoms with Crippen molar-refractivity contribution in [3.05, 3.63) is 59.4 Å². The molecule has 4 nitrogen and oxygen atoms in total. The zero-order chi connectivity index (χ0) is 14.7. The number of amides is 1. The van der Waals surface area contributed by atoms with Crippen molar-refractivity contribution in [3.63, 3.8) is 0 Å². The molecule has 104 valence electrons. The highest BCUT2D eigenvalue weighted by molar-refractivity contribution is 5.92. The smallest absolute Gasteiger partial charge is 0.248 e. The summed E-state index contributed by atoms with van der Waals surface area (Å²) in [5, 5.41) is 0. The largest absolute Gasteiger partial charge is 0.457 e. The van der Waals surface area contributed by atoms with Gasteiger partial charge in [-0.1, -0.05) is 6.07 Å². The van der Waals surface area contributed by atoms with Gasteiger partial charge in [-0.25, -0.2) is 4.39 Å². The molecule has 4 N–H and O–H groups in total. The quantitative estimate of drug-likeness (QED) is 0.899. The molecule has 1 atom stereocenters. The van der Waals surface area contributed by atoms with Crippen molar-refractivity contribution in [1.82, 2.24) is 0 Å². The van der Waals surface area contributed by atoms with Gasteiger partial charge in [-0.15, -0.1) is 0 Å². The van der Waals surface area contributed by atoms with Crippen molar-refractivity contribution in [2.45, 2.75) is 13.0 Å². The highest BCUT2D eigenvalue weighted by Crippen LogP contribution is 2.30. The Morgan fingerprint density at radius 1 is 1.20 bits per heavy atom. The molecule has 0 spiro atoms. The van der Waals surface area contributed by atoms with Crippen LogP contribution in [0.2, 0.25) is 0 Å². The fourth-order valence-electron chi connectivity index (χ4n) is 1.86. The number of nitrogens with two attached hydrogens (primary N) is 2. The summed E-state index contributed by atoms with van der Waals surface area (Å²) in [5.74, 6) is -0.0980. The summed E-state index contributed by atoms with van der Waals surface area (Å²) >= 11 is 0. The lowest BCUT2D eigenvalue weighted by atomic mass is 10.1. The lowest BCUT2D eigenvalue weighted by Gasteiger charge is -2.14. The van der Waals surface area contributed by atoms with Crippen LogP contribution < -0.4 is 16.2 Å². The first-order valence-corrected chi connectivity index (χ1v) is 6.10. The van der Waals surface area contributed by atoms with Gasteiger partial charge in [-0.05, 0) is 43.3 Å². The van der Waals surface area contributed by atoms with E-state index >= 15 is 0 Å². The van der Waals surface area contributed by atoms with Crippen LogP contribution >= 0.6 is 0 Å². The van der Waals surface area contributed by atoms with E-state index in [0.29, 0.717) is 22.6 Å². The summed E-state index contributed by atoms with van der Waals surface area (Å²) in [6, 6.07) is 10.3. The number of primary amides is 1. The van der Waals surface area contributed by atoms with Crippen molar-refractivity contribution in [1.29, 1.82) is 0 Å². The van der Waals surface area contributed by atoms with Gasteiger partial charge >= 0.3 is 0 Å². The number of hydrogen-bond donors (Lipinski definition) is 2. The Morgan fingerprint density at radius 3 is 2.40 bits per heavy atom.